The molecule has 2 aromatic rings. The number of hydrogen-bond donors (Lipinski definition) is 1. The van der Waals surface area contributed by atoms with E-state index in [-0.39, 0.29) is 5.82 Å². The zero-order chi connectivity index (χ0) is 13.0. The predicted molar refractivity (Wildman–Crippen MR) is 75.6 cm³/mol. The SMILES string of the molecule is CN(Cc1cccs1)c1cc(F)cc(CCN)c1. The minimum Gasteiger partial charge on any atom is -0.369 e. The van der Waals surface area contributed by atoms with Gasteiger partial charge in [0.1, 0.15) is 5.82 Å². The molecule has 0 aliphatic heterocycles. The lowest BCUT2D eigenvalue weighted by atomic mass is 10.1. The highest BCUT2D eigenvalue weighted by molar-refractivity contribution is 7.09. The average molecular weight is 264 g/mol. The van der Waals surface area contributed by atoms with E-state index in [1.807, 2.05) is 19.2 Å². The molecule has 4 heteroatoms. The molecule has 1 aromatic heterocycles. The zero-order valence-corrected chi connectivity index (χ0v) is 11.2. The standard InChI is InChI=1S/C14H17FN2S/c1-17(10-14-3-2-6-18-14)13-8-11(4-5-16)7-12(15)9-13/h2-3,6-9H,4-5,10,16H2,1H3. The van der Waals surface area contributed by atoms with Gasteiger partial charge in [-0.15, -0.1) is 11.3 Å². The lowest BCUT2D eigenvalue weighted by Gasteiger charge is -2.19. The number of nitrogens with zero attached hydrogens (tertiary/aromatic N) is 1. The normalized spacial score (nSPS) is 10.6. The largest absolute Gasteiger partial charge is 0.369 e. The first kappa shape index (κ1) is 13.1. The van der Waals surface area contributed by atoms with E-state index in [2.05, 4.69) is 16.3 Å². The number of thiophene rings is 1. The molecular formula is C14H17FN2S. The Balaban J connectivity index is 2.16. The van der Waals surface area contributed by atoms with Gasteiger partial charge >= 0.3 is 0 Å². The lowest BCUT2D eigenvalue weighted by molar-refractivity contribution is 0.624. The second kappa shape index (κ2) is 5.98. The van der Waals surface area contributed by atoms with Gasteiger partial charge in [0, 0.05) is 17.6 Å². The Kier molecular flexibility index (Phi) is 4.33. The highest BCUT2D eigenvalue weighted by Gasteiger charge is 2.06. The third-order valence-corrected chi connectivity index (χ3v) is 3.65. The second-order valence-electron chi connectivity index (χ2n) is 4.29. The van der Waals surface area contributed by atoms with E-state index in [1.165, 1.54) is 4.88 Å². The van der Waals surface area contributed by atoms with Gasteiger partial charge in [-0.3, -0.25) is 0 Å². The summed E-state index contributed by atoms with van der Waals surface area (Å²) in [7, 11) is 1.97. The first-order valence-electron chi connectivity index (χ1n) is 5.92. The highest BCUT2D eigenvalue weighted by Crippen LogP contribution is 2.21. The maximum atomic E-state index is 13.5. The van der Waals surface area contributed by atoms with Gasteiger partial charge in [-0.2, -0.15) is 0 Å². The van der Waals surface area contributed by atoms with Crippen LogP contribution in [0.25, 0.3) is 0 Å². The minimum atomic E-state index is -0.200. The Morgan fingerprint density at radius 2 is 2.17 bits per heavy atom. The smallest absolute Gasteiger partial charge is 0.125 e. The summed E-state index contributed by atoms with van der Waals surface area (Å²) < 4.78 is 13.5. The minimum absolute atomic E-state index is 0.200. The summed E-state index contributed by atoms with van der Waals surface area (Å²) in [6.07, 6.45) is 0.706. The number of rotatable bonds is 5. The molecule has 2 rings (SSSR count). The maximum absolute atomic E-state index is 13.5. The van der Waals surface area contributed by atoms with Crippen molar-refractivity contribution in [2.75, 3.05) is 18.5 Å². The molecule has 1 aromatic carbocycles. The zero-order valence-electron chi connectivity index (χ0n) is 10.4. The molecule has 0 aliphatic rings. The molecular weight excluding hydrogens is 247 g/mol. The number of hydrogen-bond acceptors (Lipinski definition) is 3. The van der Waals surface area contributed by atoms with E-state index in [4.69, 9.17) is 5.73 Å². The Morgan fingerprint density at radius 3 is 2.83 bits per heavy atom. The molecule has 2 nitrogen and oxygen atoms in total. The van der Waals surface area contributed by atoms with Crippen LogP contribution >= 0.6 is 11.3 Å². The van der Waals surface area contributed by atoms with Crippen LogP contribution in [0.2, 0.25) is 0 Å². The Labute approximate surface area is 111 Å². The van der Waals surface area contributed by atoms with Crippen LogP contribution in [0.5, 0.6) is 0 Å². The van der Waals surface area contributed by atoms with Crippen molar-refractivity contribution in [2.24, 2.45) is 5.73 Å². The van der Waals surface area contributed by atoms with E-state index < -0.39 is 0 Å². The van der Waals surface area contributed by atoms with Crippen LogP contribution in [0.3, 0.4) is 0 Å². The van der Waals surface area contributed by atoms with Crippen LogP contribution in [-0.4, -0.2) is 13.6 Å². The molecule has 96 valence electrons. The molecule has 18 heavy (non-hydrogen) atoms. The number of halogens is 1. The van der Waals surface area contributed by atoms with Crippen molar-refractivity contribution in [2.45, 2.75) is 13.0 Å². The summed E-state index contributed by atoms with van der Waals surface area (Å²) in [5.74, 6) is -0.200. The van der Waals surface area contributed by atoms with Crippen molar-refractivity contribution in [3.63, 3.8) is 0 Å². The van der Waals surface area contributed by atoms with E-state index >= 15 is 0 Å². The van der Waals surface area contributed by atoms with Gasteiger partial charge in [-0.05, 0) is 48.2 Å². The molecule has 0 atom stereocenters. The van der Waals surface area contributed by atoms with E-state index in [0.29, 0.717) is 13.0 Å². The predicted octanol–water partition coefficient (Wildman–Crippen LogP) is 3.02. The molecule has 0 fully saturated rings. The summed E-state index contributed by atoms with van der Waals surface area (Å²) >= 11 is 1.71. The molecule has 0 saturated heterocycles. The number of benzene rings is 1. The van der Waals surface area contributed by atoms with Crippen molar-refractivity contribution in [3.05, 3.63) is 52.0 Å². The summed E-state index contributed by atoms with van der Waals surface area (Å²) in [6, 6.07) is 9.23. The van der Waals surface area contributed by atoms with Crippen molar-refractivity contribution in [3.8, 4) is 0 Å². The van der Waals surface area contributed by atoms with Crippen LogP contribution in [0.1, 0.15) is 10.4 Å². The van der Waals surface area contributed by atoms with Crippen LogP contribution in [0.4, 0.5) is 10.1 Å². The first-order chi connectivity index (χ1) is 8.69. The van der Waals surface area contributed by atoms with Gasteiger partial charge in [0.2, 0.25) is 0 Å². The van der Waals surface area contributed by atoms with Crippen molar-refractivity contribution in [1.82, 2.24) is 0 Å². The molecule has 0 unspecified atom stereocenters. The van der Waals surface area contributed by atoms with Crippen molar-refractivity contribution >= 4 is 17.0 Å². The van der Waals surface area contributed by atoms with E-state index in [0.717, 1.165) is 17.8 Å². The topological polar surface area (TPSA) is 29.3 Å². The first-order valence-corrected chi connectivity index (χ1v) is 6.80. The molecule has 0 saturated carbocycles. The third-order valence-electron chi connectivity index (χ3n) is 2.79. The van der Waals surface area contributed by atoms with Crippen LogP contribution in [0.15, 0.2) is 35.7 Å². The van der Waals surface area contributed by atoms with Crippen LogP contribution < -0.4 is 10.6 Å². The second-order valence-corrected chi connectivity index (χ2v) is 5.32. The molecule has 0 radical (unpaired) electrons. The van der Waals surface area contributed by atoms with Gasteiger partial charge in [0.05, 0.1) is 6.54 Å². The van der Waals surface area contributed by atoms with Gasteiger partial charge < -0.3 is 10.6 Å². The molecule has 1 heterocycles. The average Bonchev–Trinajstić information content (AvgIpc) is 2.81. The molecule has 2 N–H and O–H groups in total. The quantitative estimate of drug-likeness (QED) is 0.899. The summed E-state index contributed by atoms with van der Waals surface area (Å²) in [6.45, 7) is 1.33. The maximum Gasteiger partial charge on any atom is 0.125 e. The van der Waals surface area contributed by atoms with Crippen molar-refractivity contribution < 1.29 is 4.39 Å². The fourth-order valence-electron chi connectivity index (χ4n) is 1.89. The summed E-state index contributed by atoms with van der Waals surface area (Å²) in [5.41, 5.74) is 7.36. The van der Waals surface area contributed by atoms with E-state index in [9.17, 15) is 4.39 Å². The number of nitrogens with two attached hydrogens (primary N) is 1. The summed E-state index contributed by atoms with van der Waals surface area (Å²) in [5, 5.41) is 2.05. The van der Waals surface area contributed by atoms with Gasteiger partial charge in [-0.25, -0.2) is 4.39 Å². The monoisotopic (exact) mass is 264 g/mol. The van der Waals surface area contributed by atoms with Crippen LogP contribution in [-0.2, 0) is 13.0 Å². The van der Waals surface area contributed by atoms with Gasteiger partial charge in [-0.1, -0.05) is 6.07 Å². The molecule has 0 amide bonds. The Hall–Kier alpha value is -1.39. The van der Waals surface area contributed by atoms with Crippen molar-refractivity contribution in [1.29, 1.82) is 0 Å². The third kappa shape index (κ3) is 3.31. The Bertz CT molecular complexity index is 497. The Morgan fingerprint density at radius 1 is 1.33 bits per heavy atom. The number of anilines is 1. The lowest BCUT2D eigenvalue weighted by Crippen LogP contribution is -2.16. The molecule has 0 spiro atoms. The fourth-order valence-corrected chi connectivity index (χ4v) is 2.65. The van der Waals surface area contributed by atoms with Crippen LogP contribution in [0, 0.1) is 5.82 Å². The fraction of sp³-hybridized carbons (Fsp3) is 0.286. The van der Waals surface area contributed by atoms with E-state index in [1.54, 1.807) is 23.5 Å². The van der Waals surface area contributed by atoms with Gasteiger partial charge in [0.25, 0.3) is 0 Å². The molecule has 0 bridgehead atoms. The molecule has 0 aliphatic carbocycles. The summed E-state index contributed by atoms with van der Waals surface area (Å²) in [4.78, 5) is 3.32. The van der Waals surface area contributed by atoms with Gasteiger partial charge in [0.15, 0.2) is 0 Å². The highest BCUT2D eigenvalue weighted by atomic mass is 32.1.